The van der Waals surface area contributed by atoms with Crippen LogP contribution >= 0.6 is 11.3 Å². The quantitative estimate of drug-likeness (QED) is 0.181. The van der Waals surface area contributed by atoms with Gasteiger partial charge in [0.15, 0.2) is 5.13 Å². The summed E-state index contributed by atoms with van der Waals surface area (Å²) in [5, 5.41) is 0.592. The van der Waals surface area contributed by atoms with Gasteiger partial charge in [-0.1, -0.05) is 57.1 Å². The van der Waals surface area contributed by atoms with Gasteiger partial charge in [-0.05, 0) is 72.9 Å². The molecular formula is C30H36N4O3S2. The molecule has 0 unspecified atom stereocenters. The van der Waals surface area contributed by atoms with Crippen LogP contribution < -0.4 is 4.90 Å². The second-order valence-corrected chi connectivity index (χ2v) is 12.5. The molecule has 2 heterocycles. The highest BCUT2D eigenvalue weighted by Gasteiger charge is 2.26. The maximum Gasteiger partial charge on any atom is 0.260 e. The molecule has 0 fully saturated rings. The molecule has 0 saturated carbocycles. The number of nitrogens with zero attached hydrogens (tertiary/aromatic N) is 4. The van der Waals surface area contributed by atoms with Crippen molar-refractivity contribution >= 4 is 42.6 Å². The van der Waals surface area contributed by atoms with E-state index in [9.17, 15) is 13.2 Å². The number of amides is 1. The predicted molar refractivity (Wildman–Crippen MR) is 159 cm³/mol. The average molecular weight is 565 g/mol. The number of hydrogen-bond acceptors (Lipinski definition) is 6. The van der Waals surface area contributed by atoms with E-state index < -0.39 is 10.0 Å². The van der Waals surface area contributed by atoms with Gasteiger partial charge in [-0.3, -0.25) is 14.7 Å². The number of pyridine rings is 1. The summed E-state index contributed by atoms with van der Waals surface area (Å²) in [6.07, 6.45) is 7.82. The molecular weight excluding hydrogens is 528 g/mol. The molecule has 0 bridgehead atoms. The van der Waals surface area contributed by atoms with E-state index >= 15 is 0 Å². The number of sulfonamides is 1. The van der Waals surface area contributed by atoms with Gasteiger partial charge in [-0.25, -0.2) is 13.4 Å². The number of aromatic nitrogens is 2. The van der Waals surface area contributed by atoms with Crippen molar-refractivity contribution in [3.8, 4) is 0 Å². The van der Waals surface area contributed by atoms with Gasteiger partial charge in [0.05, 0.1) is 21.7 Å². The van der Waals surface area contributed by atoms with Crippen molar-refractivity contribution in [1.82, 2.24) is 14.3 Å². The third-order valence-electron chi connectivity index (χ3n) is 6.65. The topological polar surface area (TPSA) is 83.5 Å². The minimum absolute atomic E-state index is 0.206. The Morgan fingerprint density at radius 3 is 2.26 bits per heavy atom. The Kier molecular flexibility index (Phi) is 9.83. The first-order valence-corrected chi connectivity index (χ1v) is 15.8. The number of carbonyl (C=O) groups excluding carboxylic acids is 1. The lowest BCUT2D eigenvalue weighted by Crippen LogP contribution is -2.33. The molecule has 0 radical (unpaired) electrons. The van der Waals surface area contributed by atoms with Gasteiger partial charge in [0.25, 0.3) is 5.91 Å². The van der Waals surface area contributed by atoms with Gasteiger partial charge in [0, 0.05) is 31.0 Å². The molecule has 4 rings (SSSR count). The van der Waals surface area contributed by atoms with Crippen molar-refractivity contribution < 1.29 is 13.2 Å². The van der Waals surface area contributed by atoms with Crippen molar-refractivity contribution in [2.24, 2.45) is 0 Å². The van der Waals surface area contributed by atoms with Gasteiger partial charge < -0.3 is 0 Å². The summed E-state index contributed by atoms with van der Waals surface area (Å²) in [4.78, 5) is 24.7. The molecule has 0 aliphatic rings. The van der Waals surface area contributed by atoms with Crippen molar-refractivity contribution in [3.63, 3.8) is 0 Å². The summed E-state index contributed by atoms with van der Waals surface area (Å²) in [5.41, 5.74) is 3.34. The molecule has 206 valence electrons. The summed E-state index contributed by atoms with van der Waals surface area (Å²) in [6.45, 7) is 7.51. The number of hydrogen-bond donors (Lipinski definition) is 0. The Morgan fingerprint density at radius 1 is 0.923 bits per heavy atom. The fourth-order valence-electron chi connectivity index (χ4n) is 4.29. The Morgan fingerprint density at radius 2 is 1.64 bits per heavy atom. The Hall–Kier alpha value is -3.14. The van der Waals surface area contributed by atoms with Crippen LogP contribution in [0, 0.1) is 0 Å². The lowest BCUT2D eigenvalue weighted by atomic mass is 10.2. The SMILES string of the molecule is CCCCN(CCCC)S(=O)(=O)c1ccc(C(=O)N(Cc2cccnc2)c2nc3ccc(CC)cc3s2)cc1. The third kappa shape index (κ3) is 6.90. The number of rotatable bonds is 13. The van der Waals surface area contributed by atoms with Crippen LogP contribution in [0.1, 0.15) is 67.9 Å². The summed E-state index contributed by atoms with van der Waals surface area (Å²) in [6, 6.07) is 16.2. The van der Waals surface area contributed by atoms with Crippen molar-refractivity contribution in [2.75, 3.05) is 18.0 Å². The minimum atomic E-state index is -3.64. The molecule has 2 aromatic carbocycles. The molecule has 0 aliphatic carbocycles. The van der Waals surface area contributed by atoms with Gasteiger partial charge in [-0.15, -0.1) is 0 Å². The summed E-state index contributed by atoms with van der Waals surface area (Å²) in [7, 11) is -3.64. The lowest BCUT2D eigenvalue weighted by Gasteiger charge is -2.22. The highest BCUT2D eigenvalue weighted by Crippen LogP contribution is 2.32. The zero-order valence-electron chi connectivity index (χ0n) is 22.8. The van der Waals surface area contributed by atoms with Crippen LogP contribution in [0.2, 0.25) is 0 Å². The molecule has 0 N–H and O–H groups in total. The third-order valence-corrected chi connectivity index (χ3v) is 9.60. The van der Waals surface area contributed by atoms with E-state index in [1.54, 1.807) is 45.9 Å². The second kappa shape index (κ2) is 13.3. The number of thiazole rings is 1. The molecule has 0 atom stereocenters. The summed E-state index contributed by atoms with van der Waals surface area (Å²) in [5.74, 6) is -0.244. The van der Waals surface area contributed by atoms with Gasteiger partial charge >= 0.3 is 0 Å². The van der Waals surface area contributed by atoms with Crippen molar-refractivity contribution in [3.05, 3.63) is 83.7 Å². The van der Waals surface area contributed by atoms with Gasteiger partial charge in [-0.2, -0.15) is 4.31 Å². The minimum Gasteiger partial charge on any atom is -0.279 e. The van der Waals surface area contributed by atoms with Crippen LogP contribution in [0.4, 0.5) is 5.13 Å². The number of aryl methyl sites for hydroxylation is 1. The Balaban J connectivity index is 1.65. The van der Waals surface area contributed by atoms with Crippen LogP contribution in [0.5, 0.6) is 0 Å². The molecule has 9 heteroatoms. The molecule has 0 saturated heterocycles. The predicted octanol–water partition coefficient (Wildman–Crippen LogP) is 6.69. The van der Waals surface area contributed by atoms with Gasteiger partial charge in [0.2, 0.25) is 10.0 Å². The summed E-state index contributed by atoms with van der Waals surface area (Å²) < 4.78 is 29.4. The zero-order chi connectivity index (χ0) is 27.8. The van der Waals surface area contributed by atoms with E-state index in [1.165, 1.54) is 16.9 Å². The Bertz CT molecular complexity index is 1480. The van der Waals surface area contributed by atoms with E-state index in [-0.39, 0.29) is 10.8 Å². The first kappa shape index (κ1) is 28.9. The highest BCUT2D eigenvalue weighted by atomic mass is 32.2. The van der Waals surface area contributed by atoms with E-state index in [0.29, 0.717) is 30.3 Å². The molecule has 2 aromatic heterocycles. The van der Waals surface area contributed by atoms with Crippen molar-refractivity contribution in [2.45, 2.75) is 64.3 Å². The largest absolute Gasteiger partial charge is 0.279 e. The first-order chi connectivity index (χ1) is 18.9. The molecule has 39 heavy (non-hydrogen) atoms. The fourth-order valence-corrected chi connectivity index (χ4v) is 6.83. The molecule has 0 aliphatic heterocycles. The first-order valence-electron chi connectivity index (χ1n) is 13.6. The normalized spacial score (nSPS) is 11.8. The number of fused-ring (bicyclic) bond motifs is 1. The highest BCUT2D eigenvalue weighted by molar-refractivity contribution is 7.89. The van der Waals surface area contributed by atoms with E-state index in [4.69, 9.17) is 4.98 Å². The lowest BCUT2D eigenvalue weighted by molar-refractivity contribution is 0.0985. The standard InChI is InChI=1S/C30H36N4O3S2/c1-4-7-18-33(19-8-5-2)39(36,37)26-14-12-25(13-15-26)29(35)34(22-24-10-9-17-31-21-24)30-32-27-16-11-23(6-3)20-28(27)38-30/h9-17,20-21H,4-8,18-19,22H2,1-3H3. The van der Waals surface area contributed by atoms with Crippen LogP contribution in [-0.2, 0) is 23.0 Å². The molecule has 0 spiro atoms. The Labute approximate surface area is 235 Å². The van der Waals surface area contributed by atoms with Crippen LogP contribution in [0.15, 0.2) is 71.9 Å². The van der Waals surface area contributed by atoms with Crippen LogP contribution in [0.3, 0.4) is 0 Å². The molecule has 7 nitrogen and oxygen atoms in total. The molecule has 4 aromatic rings. The maximum atomic E-state index is 13.8. The van der Waals surface area contributed by atoms with Gasteiger partial charge in [0.1, 0.15) is 0 Å². The zero-order valence-corrected chi connectivity index (χ0v) is 24.5. The van der Waals surface area contributed by atoms with Crippen LogP contribution in [0.25, 0.3) is 10.2 Å². The number of benzene rings is 2. The van der Waals surface area contributed by atoms with Crippen LogP contribution in [-0.4, -0.2) is 41.7 Å². The molecule has 1 amide bonds. The summed E-state index contributed by atoms with van der Waals surface area (Å²) >= 11 is 1.47. The smallest absolute Gasteiger partial charge is 0.260 e. The number of anilines is 1. The number of unbranched alkanes of at least 4 members (excludes halogenated alkanes) is 2. The van der Waals surface area contributed by atoms with E-state index in [0.717, 1.165) is 47.9 Å². The van der Waals surface area contributed by atoms with Crippen molar-refractivity contribution in [1.29, 1.82) is 0 Å². The van der Waals surface area contributed by atoms with E-state index in [1.807, 2.05) is 18.2 Å². The fraction of sp³-hybridized carbons (Fsp3) is 0.367. The second-order valence-electron chi connectivity index (χ2n) is 9.54. The monoisotopic (exact) mass is 564 g/mol. The number of carbonyl (C=O) groups is 1. The average Bonchev–Trinajstić information content (AvgIpc) is 3.39. The van der Waals surface area contributed by atoms with E-state index in [2.05, 4.69) is 37.9 Å². The maximum absolute atomic E-state index is 13.8.